The zero-order valence-corrected chi connectivity index (χ0v) is 11.1. The molecular weight excluding hydrogens is 307 g/mol. The van der Waals surface area contributed by atoms with Gasteiger partial charge in [-0.05, 0) is 12.1 Å². The van der Waals surface area contributed by atoms with Crippen LogP contribution >= 0.6 is 0 Å². The number of carboxylic acid groups (broad SMARTS) is 2. The first-order chi connectivity index (χ1) is 10.2. The van der Waals surface area contributed by atoms with Gasteiger partial charge in [-0.15, -0.1) is 0 Å². The molecule has 0 saturated carbocycles. The lowest BCUT2D eigenvalue weighted by Crippen LogP contribution is -2.53. The Balaban J connectivity index is 2.38. The van der Waals surface area contributed by atoms with Crippen LogP contribution in [0.25, 0.3) is 0 Å². The molecule has 1 saturated heterocycles. The third-order valence-corrected chi connectivity index (χ3v) is 3.44. The van der Waals surface area contributed by atoms with E-state index in [0.29, 0.717) is 4.90 Å². The number of ether oxygens (including phenoxy) is 1. The minimum Gasteiger partial charge on any atom is -0.478 e. The highest BCUT2D eigenvalue weighted by Gasteiger charge is 2.61. The molecule has 1 fully saturated rings. The van der Waals surface area contributed by atoms with Gasteiger partial charge in [-0.3, -0.25) is 0 Å². The van der Waals surface area contributed by atoms with Gasteiger partial charge in [0.2, 0.25) is 5.60 Å². The van der Waals surface area contributed by atoms with E-state index in [0.717, 1.165) is 12.1 Å². The van der Waals surface area contributed by atoms with Crippen molar-refractivity contribution in [3.8, 4) is 5.75 Å². The highest BCUT2D eigenvalue weighted by molar-refractivity contribution is 5.90. The van der Waals surface area contributed by atoms with Crippen molar-refractivity contribution in [3.05, 3.63) is 29.8 Å². The van der Waals surface area contributed by atoms with E-state index < -0.39 is 48.1 Å². The Kier molecular flexibility index (Phi) is 3.90. The van der Waals surface area contributed by atoms with Gasteiger partial charge in [0.05, 0.1) is 6.54 Å². The Bertz CT molecular complexity index is 604. The van der Waals surface area contributed by atoms with Crippen molar-refractivity contribution in [2.45, 2.75) is 18.2 Å². The molecule has 1 aliphatic heterocycles. The Labute approximate surface area is 122 Å². The molecule has 120 valence electrons. The number of rotatable bonds is 3. The summed E-state index contributed by atoms with van der Waals surface area (Å²) in [6, 6.07) is 4.93. The number of para-hydroxylation sites is 1. The molecule has 0 aromatic heterocycles. The molecule has 1 heterocycles. The number of carbonyl (C=O) groups is 2. The summed E-state index contributed by atoms with van der Waals surface area (Å²) < 4.78 is 45.1. The maximum atomic E-state index is 13.4. The van der Waals surface area contributed by atoms with Crippen LogP contribution in [0.15, 0.2) is 24.3 Å². The molecule has 6 nitrogen and oxygen atoms in total. The molecule has 2 N–H and O–H groups in total. The first kappa shape index (κ1) is 15.9. The minimum absolute atomic E-state index is 0.343. The number of hydrogen-bond acceptors (Lipinski definition) is 3. The fraction of sp³-hybridized carbons (Fsp3) is 0.385. The molecule has 2 rings (SSSR count). The number of carboxylic acids is 1. The average molecular weight is 319 g/mol. The van der Waals surface area contributed by atoms with Crippen molar-refractivity contribution in [2.75, 3.05) is 13.1 Å². The summed E-state index contributed by atoms with van der Waals surface area (Å²) in [5.74, 6) is -1.87. The fourth-order valence-electron chi connectivity index (χ4n) is 2.26. The highest BCUT2D eigenvalue weighted by Crippen LogP contribution is 2.42. The Morgan fingerprint density at radius 3 is 2.36 bits per heavy atom. The summed E-state index contributed by atoms with van der Waals surface area (Å²) in [6.45, 7) is -1.25. The Hall–Kier alpha value is -2.45. The van der Waals surface area contributed by atoms with Crippen LogP contribution in [-0.2, 0) is 0 Å². The molecule has 1 atom stereocenters. The van der Waals surface area contributed by atoms with E-state index in [2.05, 4.69) is 0 Å². The van der Waals surface area contributed by atoms with E-state index in [9.17, 15) is 22.8 Å². The van der Waals surface area contributed by atoms with Crippen molar-refractivity contribution in [1.82, 2.24) is 4.90 Å². The van der Waals surface area contributed by atoms with Crippen LogP contribution in [0.5, 0.6) is 5.75 Å². The summed E-state index contributed by atoms with van der Waals surface area (Å²) in [5, 5.41) is 17.8. The van der Waals surface area contributed by atoms with E-state index >= 15 is 0 Å². The second-order valence-corrected chi connectivity index (χ2v) is 4.85. The van der Waals surface area contributed by atoms with E-state index in [4.69, 9.17) is 14.9 Å². The molecule has 22 heavy (non-hydrogen) atoms. The highest BCUT2D eigenvalue weighted by atomic mass is 19.4. The van der Waals surface area contributed by atoms with Crippen LogP contribution in [-0.4, -0.2) is 52.0 Å². The molecule has 1 amide bonds. The zero-order valence-electron chi connectivity index (χ0n) is 11.1. The third kappa shape index (κ3) is 2.78. The number of aromatic carboxylic acids is 1. The average Bonchev–Trinajstić information content (AvgIpc) is 2.84. The maximum Gasteiger partial charge on any atom is 0.430 e. The van der Waals surface area contributed by atoms with Gasteiger partial charge in [-0.25, -0.2) is 9.59 Å². The van der Waals surface area contributed by atoms with Crippen molar-refractivity contribution < 1.29 is 37.7 Å². The molecule has 0 spiro atoms. The van der Waals surface area contributed by atoms with E-state index in [1.54, 1.807) is 0 Å². The van der Waals surface area contributed by atoms with Crippen LogP contribution in [0.3, 0.4) is 0 Å². The molecule has 1 aromatic carbocycles. The topological polar surface area (TPSA) is 87.1 Å². The van der Waals surface area contributed by atoms with Gasteiger partial charge in [0.1, 0.15) is 11.3 Å². The molecule has 0 radical (unpaired) electrons. The molecular formula is C13H12F3NO5. The number of likely N-dealkylation sites (tertiary alicyclic amines) is 1. The number of alkyl halides is 3. The summed E-state index contributed by atoms with van der Waals surface area (Å²) in [5.41, 5.74) is -3.17. The van der Waals surface area contributed by atoms with Crippen molar-refractivity contribution in [1.29, 1.82) is 0 Å². The zero-order chi connectivity index (χ0) is 16.5. The molecule has 1 aliphatic rings. The van der Waals surface area contributed by atoms with Gasteiger partial charge in [0.15, 0.2) is 0 Å². The van der Waals surface area contributed by atoms with Gasteiger partial charge in [0, 0.05) is 13.0 Å². The van der Waals surface area contributed by atoms with Gasteiger partial charge < -0.3 is 19.8 Å². The van der Waals surface area contributed by atoms with Gasteiger partial charge in [0.25, 0.3) is 0 Å². The lowest BCUT2D eigenvalue weighted by atomic mass is 10.0. The summed E-state index contributed by atoms with van der Waals surface area (Å²) in [7, 11) is 0. The fourth-order valence-corrected chi connectivity index (χ4v) is 2.26. The first-order valence-electron chi connectivity index (χ1n) is 6.22. The van der Waals surface area contributed by atoms with Crippen molar-refractivity contribution in [2.24, 2.45) is 0 Å². The van der Waals surface area contributed by atoms with E-state index in [1.165, 1.54) is 12.1 Å². The molecule has 1 unspecified atom stereocenters. The number of hydrogen-bond donors (Lipinski definition) is 2. The quantitative estimate of drug-likeness (QED) is 0.893. The molecule has 0 bridgehead atoms. The van der Waals surface area contributed by atoms with Gasteiger partial charge in [-0.2, -0.15) is 13.2 Å². The Morgan fingerprint density at radius 2 is 1.86 bits per heavy atom. The number of halogens is 3. The molecule has 9 heteroatoms. The largest absolute Gasteiger partial charge is 0.478 e. The standard InChI is InChI=1S/C13H12F3NO5/c14-13(15,16)12(5-6-17(7-12)11(20)21)22-9-4-2-1-3-8(9)10(18)19/h1-4H,5-7H2,(H,18,19)(H,20,21). The number of benzene rings is 1. The second-order valence-electron chi connectivity index (χ2n) is 4.85. The Morgan fingerprint density at radius 1 is 1.23 bits per heavy atom. The van der Waals surface area contributed by atoms with Crippen LogP contribution < -0.4 is 4.74 Å². The number of amides is 1. The van der Waals surface area contributed by atoms with Crippen LogP contribution in [0, 0.1) is 0 Å². The maximum absolute atomic E-state index is 13.4. The van der Waals surface area contributed by atoms with Gasteiger partial charge in [-0.1, -0.05) is 12.1 Å². The normalized spacial score (nSPS) is 21.7. The summed E-state index contributed by atoms with van der Waals surface area (Å²) in [6.07, 6.45) is -6.93. The third-order valence-electron chi connectivity index (χ3n) is 3.44. The molecule has 0 aliphatic carbocycles. The smallest absolute Gasteiger partial charge is 0.430 e. The van der Waals surface area contributed by atoms with E-state index in [1.807, 2.05) is 0 Å². The lowest BCUT2D eigenvalue weighted by Gasteiger charge is -2.32. The van der Waals surface area contributed by atoms with Crippen LogP contribution in [0.4, 0.5) is 18.0 Å². The summed E-state index contributed by atoms with van der Waals surface area (Å²) in [4.78, 5) is 22.5. The first-order valence-corrected chi connectivity index (χ1v) is 6.22. The monoisotopic (exact) mass is 319 g/mol. The van der Waals surface area contributed by atoms with Crippen LogP contribution in [0.2, 0.25) is 0 Å². The van der Waals surface area contributed by atoms with Crippen molar-refractivity contribution in [3.63, 3.8) is 0 Å². The second kappa shape index (κ2) is 5.39. The number of nitrogens with zero attached hydrogens (tertiary/aromatic N) is 1. The predicted molar refractivity (Wildman–Crippen MR) is 67.0 cm³/mol. The van der Waals surface area contributed by atoms with Gasteiger partial charge >= 0.3 is 18.2 Å². The summed E-state index contributed by atoms with van der Waals surface area (Å²) >= 11 is 0. The van der Waals surface area contributed by atoms with Crippen molar-refractivity contribution >= 4 is 12.1 Å². The minimum atomic E-state index is -4.84. The SMILES string of the molecule is O=C(O)c1ccccc1OC1(C(F)(F)F)CCN(C(=O)O)C1. The predicted octanol–water partition coefficient (Wildman–Crippen LogP) is 2.45. The lowest BCUT2D eigenvalue weighted by molar-refractivity contribution is -0.242. The molecule has 1 aromatic rings. The van der Waals surface area contributed by atoms with E-state index in [-0.39, 0.29) is 6.54 Å². The van der Waals surface area contributed by atoms with Crippen LogP contribution in [0.1, 0.15) is 16.8 Å².